The van der Waals surface area contributed by atoms with Crippen LogP contribution in [0.25, 0.3) is 10.9 Å². The van der Waals surface area contributed by atoms with Crippen LogP contribution in [0.15, 0.2) is 36.5 Å². The number of halogens is 1. The summed E-state index contributed by atoms with van der Waals surface area (Å²) in [7, 11) is 1.55. The summed E-state index contributed by atoms with van der Waals surface area (Å²) in [5.74, 6) is 1.03. The first kappa shape index (κ1) is 20.6. The van der Waals surface area contributed by atoms with Crippen molar-refractivity contribution in [2.24, 2.45) is 0 Å². The van der Waals surface area contributed by atoms with Crippen molar-refractivity contribution < 1.29 is 19.4 Å². The number of aliphatic hydroxyl groups is 1. The molecular formula is C23H23ClN2O4. The van der Waals surface area contributed by atoms with E-state index in [-0.39, 0.29) is 29.2 Å². The standard InChI is InChI=1S/C23H23ClN2O4/c1-23(2)12-30-21-15(23)11-16(26-22(21)24)18(28)7-6-17(27)14-9-13-5-4-8-25-20(13)19(10-14)29-3/h4-5,8-11,18,28H,6-7,12H2,1-3H3. The zero-order chi connectivity index (χ0) is 21.5. The maximum atomic E-state index is 12.8. The highest BCUT2D eigenvalue weighted by molar-refractivity contribution is 6.31. The summed E-state index contributed by atoms with van der Waals surface area (Å²) in [5.41, 5.74) is 2.40. The molecule has 156 valence electrons. The van der Waals surface area contributed by atoms with E-state index in [2.05, 4.69) is 23.8 Å². The van der Waals surface area contributed by atoms with Gasteiger partial charge in [-0.2, -0.15) is 0 Å². The topological polar surface area (TPSA) is 81.5 Å². The third kappa shape index (κ3) is 3.73. The number of nitrogens with zero attached hydrogens (tertiary/aromatic N) is 2. The van der Waals surface area contributed by atoms with Crippen LogP contribution in [-0.4, -0.2) is 34.6 Å². The molecule has 0 amide bonds. The zero-order valence-electron chi connectivity index (χ0n) is 17.1. The van der Waals surface area contributed by atoms with Gasteiger partial charge in [0.05, 0.1) is 25.5 Å². The highest BCUT2D eigenvalue weighted by Crippen LogP contribution is 2.43. The summed E-state index contributed by atoms with van der Waals surface area (Å²) < 4.78 is 11.0. The van der Waals surface area contributed by atoms with Crippen molar-refractivity contribution >= 4 is 28.3 Å². The van der Waals surface area contributed by atoms with Gasteiger partial charge >= 0.3 is 0 Å². The van der Waals surface area contributed by atoms with E-state index in [4.69, 9.17) is 21.1 Å². The number of hydrogen-bond donors (Lipinski definition) is 1. The average molecular weight is 427 g/mol. The number of benzene rings is 1. The molecule has 1 aromatic carbocycles. The van der Waals surface area contributed by atoms with Crippen LogP contribution in [0.4, 0.5) is 0 Å². The number of carbonyl (C=O) groups excluding carboxylic acids is 1. The van der Waals surface area contributed by atoms with Gasteiger partial charge in [0.25, 0.3) is 0 Å². The van der Waals surface area contributed by atoms with Gasteiger partial charge in [-0.25, -0.2) is 4.98 Å². The predicted octanol–water partition coefficient (Wildman–Crippen LogP) is 4.66. The first-order chi connectivity index (χ1) is 14.3. The fraction of sp³-hybridized carbons (Fsp3) is 0.348. The van der Waals surface area contributed by atoms with Crippen LogP contribution in [0.1, 0.15) is 54.4 Å². The molecule has 0 aliphatic carbocycles. The van der Waals surface area contributed by atoms with Gasteiger partial charge in [-0.05, 0) is 30.7 Å². The number of hydrogen-bond acceptors (Lipinski definition) is 6. The Labute approximate surface area is 179 Å². The molecule has 0 saturated heterocycles. The van der Waals surface area contributed by atoms with Crippen molar-refractivity contribution in [3.8, 4) is 11.5 Å². The molecule has 3 aromatic rings. The van der Waals surface area contributed by atoms with Gasteiger partial charge < -0.3 is 14.6 Å². The lowest BCUT2D eigenvalue weighted by Gasteiger charge is -2.17. The summed E-state index contributed by atoms with van der Waals surface area (Å²) in [6, 6.07) is 9.01. The number of Topliss-reactive ketones (excluding diaryl/α,β-unsaturated/α-hetero) is 1. The molecule has 0 saturated carbocycles. The summed E-state index contributed by atoms with van der Waals surface area (Å²) in [6.07, 6.45) is 1.17. The van der Waals surface area contributed by atoms with Crippen molar-refractivity contribution in [1.29, 1.82) is 0 Å². The number of ether oxygens (including phenoxy) is 2. The second-order valence-corrected chi connectivity index (χ2v) is 8.48. The molecule has 1 unspecified atom stereocenters. The Balaban J connectivity index is 1.52. The molecule has 1 atom stereocenters. The SMILES string of the molecule is COc1cc(C(=O)CCC(O)c2cc3c(c(Cl)n2)OCC3(C)C)cc2cccnc12. The molecule has 1 aliphatic heterocycles. The molecule has 0 radical (unpaired) electrons. The maximum Gasteiger partial charge on any atom is 0.171 e. The van der Waals surface area contributed by atoms with E-state index in [1.165, 1.54) is 0 Å². The lowest BCUT2D eigenvalue weighted by molar-refractivity contribution is 0.0937. The van der Waals surface area contributed by atoms with E-state index >= 15 is 0 Å². The molecular weight excluding hydrogens is 404 g/mol. The van der Waals surface area contributed by atoms with E-state index < -0.39 is 6.10 Å². The zero-order valence-corrected chi connectivity index (χ0v) is 17.9. The Morgan fingerprint density at radius 3 is 2.93 bits per heavy atom. The summed E-state index contributed by atoms with van der Waals surface area (Å²) in [5, 5.41) is 11.7. The predicted molar refractivity (Wildman–Crippen MR) is 115 cm³/mol. The van der Waals surface area contributed by atoms with Crippen LogP contribution in [0.5, 0.6) is 11.5 Å². The Bertz CT molecular complexity index is 1130. The lowest BCUT2D eigenvalue weighted by Crippen LogP contribution is -2.18. The summed E-state index contributed by atoms with van der Waals surface area (Å²) in [6.45, 7) is 4.62. The van der Waals surface area contributed by atoms with Crippen molar-refractivity contribution in [3.05, 3.63) is 58.5 Å². The Kier molecular flexibility index (Phi) is 5.38. The van der Waals surface area contributed by atoms with Gasteiger partial charge in [0.15, 0.2) is 16.7 Å². The lowest BCUT2D eigenvalue weighted by atomic mass is 9.86. The smallest absolute Gasteiger partial charge is 0.171 e. The third-order valence-electron chi connectivity index (χ3n) is 5.46. The molecule has 0 spiro atoms. The van der Waals surface area contributed by atoms with Crippen molar-refractivity contribution in [1.82, 2.24) is 9.97 Å². The number of aliphatic hydroxyl groups excluding tert-OH is 1. The minimum atomic E-state index is -0.905. The molecule has 0 bridgehead atoms. The quantitative estimate of drug-likeness (QED) is 0.456. The van der Waals surface area contributed by atoms with Crippen molar-refractivity contribution in [2.75, 3.05) is 13.7 Å². The molecule has 0 fully saturated rings. The minimum Gasteiger partial charge on any atom is -0.494 e. The number of ketones is 1. The number of carbonyl (C=O) groups is 1. The van der Waals surface area contributed by atoms with Crippen LogP contribution >= 0.6 is 11.6 Å². The van der Waals surface area contributed by atoms with Gasteiger partial charge in [-0.1, -0.05) is 31.5 Å². The monoisotopic (exact) mass is 426 g/mol. The average Bonchev–Trinajstić information content (AvgIpc) is 3.05. The van der Waals surface area contributed by atoms with Crippen LogP contribution < -0.4 is 9.47 Å². The van der Waals surface area contributed by atoms with Gasteiger partial charge in [-0.3, -0.25) is 9.78 Å². The van der Waals surface area contributed by atoms with Gasteiger partial charge in [-0.15, -0.1) is 0 Å². The fourth-order valence-corrected chi connectivity index (χ4v) is 3.95. The first-order valence-electron chi connectivity index (χ1n) is 9.78. The highest BCUT2D eigenvalue weighted by Gasteiger charge is 2.35. The minimum absolute atomic E-state index is 0.0889. The van der Waals surface area contributed by atoms with Crippen molar-refractivity contribution in [2.45, 2.75) is 38.2 Å². The van der Waals surface area contributed by atoms with Gasteiger partial charge in [0.1, 0.15) is 11.3 Å². The largest absolute Gasteiger partial charge is 0.494 e. The number of fused-ring (bicyclic) bond motifs is 2. The number of methoxy groups -OCH3 is 1. The van der Waals surface area contributed by atoms with E-state index in [1.807, 2.05) is 18.2 Å². The molecule has 6 nitrogen and oxygen atoms in total. The van der Waals surface area contributed by atoms with Crippen LogP contribution in [0, 0.1) is 0 Å². The van der Waals surface area contributed by atoms with Gasteiger partial charge in [0, 0.05) is 34.5 Å². The summed E-state index contributed by atoms with van der Waals surface area (Å²) >= 11 is 6.26. The summed E-state index contributed by atoms with van der Waals surface area (Å²) in [4.78, 5) is 21.4. The fourth-order valence-electron chi connectivity index (χ4n) is 3.70. The number of pyridine rings is 2. The number of aromatic nitrogens is 2. The van der Waals surface area contributed by atoms with Crippen molar-refractivity contribution in [3.63, 3.8) is 0 Å². The number of rotatable bonds is 6. The normalized spacial score (nSPS) is 15.5. The highest BCUT2D eigenvalue weighted by atomic mass is 35.5. The third-order valence-corrected chi connectivity index (χ3v) is 5.71. The Hall–Kier alpha value is -2.70. The molecule has 30 heavy (non-hydrogen) atoms. The molecule has 1 N–H and O–H groups in total. The van der Waals surface area contributed by atoms with E-state index in [9.17, 15) is 9.90 Å². The van der Waals surface area contributed by atoms with E-state index in [1.54, 1.807) is 25.4 Å². The first-order valence-corrected chi connectivity index (χ1v) is 10.2. The van der Waals surface area contributed by atoms with Crippen LogP contribution in [0.2, 0.25) is 5.15 Å². The van der Waals surface area contributed by atoms with Gasteiger partial charge in [0.2, 0.25) is 0 Å². The Morgan fingerprint density at radius 2 is 2.17 bits per heavy atom. The molecule has 7 heteroatoms. The van der Waals surface area contributed by atoms with Crippen LogP contribution in [-0.2, 0) is 5.41 Å². The second kappa shape index (κ2) is 7.85. The Morgan fingerprint density at radius 1 is 1.37 bits per heavy atom. The van der Waals surface area contributed by atoms with E-state index in [0.717, 1.165) is 10.9 Å². The van der Waals surface area contributed by atoms with E-state index in [0.29, 0.717) is 34.9 Å². The second-order valence-electron chi connectivity index (χ2n) is 8.12. The molecule has 3 heterocycles. The van der Waals surface area contributed by atoms with Crippen LogP contribution in [0.3, 0.4) is 0 Å². The maximum absolute atomic E-state index is 12.8. The molecule has 4 rings (SSSR count). The molecule has 1 aliphatic rings. The molecule has 2 aromatic heterocycles.